The molecule has 1 aromatic rings. The van der Waals surface area contributed by atoms with Crippen LogP contribution < -0.4 is 5.32 Å². The largest absolute Gasteiger partial charge is 0.467 e. The van der Waals surface area contributed by atoms with E-state index in [-0.39, 0.29) is 42.3 Å². The van der Waals surface area contributed by atoms with Gasteiger partial charge in [0.1, 0.15) is 11.9 Å². The number of rotatable bonds is 5. The van der Waals surface area contributed by atoms with Crippen LogP contribution in [0.4, 0.5) is 0 Å². The van der Waals surface area contributed by atoms with E-state index in [9.17, 15) is 9.90 Å². The minimum Gasteiger partial charge on any atom is -0.467 e. The normalized spacial score (nSPS) is 19.9. The smallest absolute Gasteiger partial charge is 0.225 e. The summed E-state index contributed by atoms with van der Waals surface area (Å²) in [6.07, 6.45) is 2.43. The third kappa shape index (κ3) is 6.08. The van der Waals surface area contributed by atoms with Gasteiger partial charge in [0.25, 0.3) is 0 Å². The third-order valence-corrected chi connectivity index (χ3v) is 5.09. The predicted molar refractivity (Wildman–Crippen MR) is 117 cm³/mol. The third-order valence-electron chi connectivity index (χ3n) is 5.09. The van der Waals surface area contributed by atoms with Crippen molar-refractivity contribution < 1.29 is 19.1 Å². The van der Waals surface area contributed by atoms with E-state index in [1.54, 1.807) is 18.4 Å². The highest BCUT2D eigenvalue weighted by Gasteiger charge is 2.30. The molecule has 0 spiro atoms. The molecule has 28 heavy (non-hydrogen) atoms. The molecule has 1 amide bonds. The minimum absolute atomic E-state index is 0. The molecular weight excluding hydrogens is 475 g/mol. The summed E-state index contributed by atoms with van der Waals surface area (Å²) in [5.74, 6) is 1.63. The minimum atomic E-state index is -0.755. The van der Waals surface area contributed by atoms with E-state index >= 15 is 0 Å². The molecule has 8 nitrogen and oxygen atoms in total. The number of nitrogens with one attached hydrogen (secondary N) is 1. The van der Waals surface area contributed by atoms with Crippen LogP contribution in [-0.2, 0) is 9.53 Å². The van der Waals surface area contributed by atoms with Crippen LogP contribution >= 0.6 is 24.0 Å². The molecule has 9 heteroatoms. The van der Waals surface area contributed by atoms with Crippen LogP contribution in [0, 0.1) is 5.92 Å². The Kier molecular flexibility index (Phi) is 9.52. The number of likely N-dealkylation sites (tertiary alicyclic amines) is 1. The molecule has 3 heterocycles. The molecule has 2 aliphatic rings. The van der Waals surface area contributed by atoms with Crippen LogP contribution in [0.15, 0.2) is 27.8 Å². The summed E-state index contributed by atoms with van der Waals surface area (Å²) in [5, 5.41) is 13.5. The molecule has 2 aliphatic heterocycles. The monoisotopic (exact) mass is 506 g/mol. The predicted octanol–water partition coefficient (Wildman–Crippen LogP) is 1.47. The van der Waals surface area contributed by atoms with Crippen molar-refractivity contribution in [2.75, 3.05) is 52.5 Å². The second-order valence-corrected chi connectivity index (χ2v) is 6.92. The first-order valence-corrected chi connectivity index (χ1v) is 9.80. The molecule has 1 unspecified atom stereocenters. The molecule has 2 N–H and O–H groups in total. The summed E-state index contributed by atoms with van der Waals surface area (Å²) in [7, 11) is 0. The number of nitrogens with zero attached hydrogens (tertiary/aromatic N) is 3. The van der Waals surface area contributed by atoms with Gasteiger partial charge in [0, 0.05) is 38.6 Å². The number of piperidine rings is 1. The summed E-state index contributed by atoms with van der Waals surface area (Å²) in [6, 6.07) is 3.50. The maximum atomic E-state index is 12.7. The molecule has 0 saturated carbocycles. The van der Waals surface area contributed by atoms with Gasteiger partial charge in [0.15, 0.2) is 5.96 Å². The number of carbonyl (C=O) groups is 1. The quantitative estimate of drug-likeness (QED) is 0.357. The number of aliphatic hydroxyl groups is 1. The highest BCUT2D eigenvalue weighted by Crippen LogP contribution is 2.21. The van der Waals surface area contributed by atoms with Crippen molar-refractivity contribution >= 4 is 35.8 Å². The molecule has 3 rings (SSSR count). The van der Waals surface area contributed by atoms with Gasteiger partial charge >= 0.3 is 0 Å². The van der Waals surface area contributed by atoms with Gasteiger partial charge in [-0.15, -0.1) is 24.0 Å². The van der Waals surface area contributed by atoms with Crippen LogP contribution in [-0.4, -0.2) is 79.3 Å². The highest BCUT2D eigenvalue weighted by molar-refractivity contribution is 14.0. The number of carbonyl (C=O) groups excluding carboxylic acids is 1. The molecule has 2 fully saturated rings. The van der Waals surface area contributed by atoms with Gasteiger partial charge < -0.3 is 29.4 Å². The van der Waals surface area contributed by atoms with Crippen molar-refractivity contribution in [2.45, 2.75) is 25.9 Å². The summed E-state index contributed by atoms with van der Waals surface area (Å²) in [4.78, 5) is 21.3. The van der Waals surface area contributed by atoms with Crippen molar-refractivity contribution in [3.63, 3.8) is 0 Å². The standard InChI is InChI=1S/C19H30N4O4.HI/c1-2-20-19(21-14-16(24)17-4-3-11-27-17)23-7-5-15(6-8-23)18(25)22-9-12-26-13-10-22;/h3-4,11,15-16,24H,2,5-10,12-14H2,1H3,(H,20,21);1H. The number of aliphatic imine (C=N–C) groups is 1. The number of furan rings is 1. The van der Waals surface area contributed by atoms with Crippen molar-refractivity contribution in [1.82, 2.24) is 15.1 Å². The Hall–Kier alpha value is -1.33. The van der Waals surface area contributed by atoms with Crippen molar-refractivity contribution in [3.05, 3.63) is 24.2 Å². The van der Waals surface area contributed by atoms with Crippen LogP contribution in [0.1, 0.15) is 31.6 Å². The van der Waals surface area contributed by atoms with Crippen molar-refractivity contribution in [2.24, 2.45) is 10.9 Å². The number of aliphatic hydroxyl groups excluding tert-OH is 1. The number of hydrogen-bond donors (Lipinski definition) is 2. The van der Waals surface area contributed by atoms with E-state index in [0.717, 1.165) is 38.4 Å². The number of ether oxygens (including phenoxy) is 1. The Balaban J connectivity index is 0.00000280. The van der Waals surface area contributed by atoms with Crippen LogP contribution in [0.3, 0.4) is 0 Å². The molecule has 0 radical (unpaired) electrons. The first-order valence-electron chi connectivity index (χ1n) is 9.80. The second kappa shape index (κ2) is 11.6. The first kappa shape index (κ1) is 23.0. The zero-order valence-electron chi connectivity index (χ0n) is 16.4. The Labute approximate surface area is 183 Å². The number of hydrogen-bond acceptors (Lipinski definition) is 5. The lowest BCUT2D eigenvalue weighted by atomic mass is 9.95. The Bertz CT molecular complexity index is 611. The average molecular weight is 506 g/mol. The van der Waals surface area contributed by atoms with Crippen LogP contribution in [0.2, 0.25) is 0 Å². The topological polar surface area (TPSA) is 90.5 Å². The summed E-state index contributed by atoms with van der Waals surface area (Å²) < 4.78 is 10.6. The van der Waals surface area contributed by atoms with Crippen molar-refractivity contribution in [3.8, 4) is 0 Å². The van der Waals surface area contributed by atoms with Crippen molar-refractivity contribution in [1.29, 1.82) is 0 Å². The lowest BCUT2D eigenvalue weighted by Gasteiger charge is -2.36. The van der Waals surface area contributed by atoms with Gasteiger partial charge in [-0.25, -0.2) is 4.99 Å². The Morgan fingerprint density at radius 2 is 2.00 bits per heavy atom. The van der Waals surface area contributed by atoms with E-state index in [4.69, 9.17) is 9.15 Å². The number of amides is 1. The Morgan fingerprint density at radius 3 is 2.61 bits per heavy atom. The van der Waals surface area contributed by atoms with E-state index in [1.165, 1.54) is 0 Å². The Morgan fingerprint density at radius 1 is 1.29 bits per heavy atom. The van der Waals surface area contributed by atoms with Gasteiger partial charge in [-0.2, -0.15) is 0 Å². The fourth-order valence-electron chi connectivity index (χ4n) is 3.55. The van der Waals surface area contributed by atoms with Crippen LogP contribution in [0.25, 0.3) is 0 Å². The maximum Gasteiger partial charge on any atom is 0.225 e. The van der Waals surface area contributed by atoms with E-state index < -0.39 is 6.10 Å². The SMILES string of the molecule is CCNC(=NCC(O)c1ccco1)N1CCC(C(=O)N2CCOCC2)CC1.I. The lowest BCUT2D eigenvalue weighted by Crippen LogP contribution is -2.50. The van der Waals surface area contributed by atoms with Gasteiger partial charge in [0.2, 0.25) is 5.91 Å². The molecule has 1 aromatic heterocycles. The molecule has 0 bridgehead atoms. The highest BCUT2D eigenvalue weighted by atomic mass is 127. The van der Waals surface area contributed by atoms with E-state index in [2.05, 4.69) is 15.2 Å². The van der Waals surface area contributed by atoms with Gasteiger partial charge in [-0.05, 0) is 31.9 Å². The first-order chi connectivity index (χ1) is 13.2. The maximum absolute atomic E-state index is 12.7. The number of morpholine rings is 1. The van der Waals surface area contributed by atoms with Gasteiger partial charge in [0.05, 0.1) is 26.0 Å². The fraction of sp³-hybridized carbons (Fsp3) is 0.684. The zero-order valence-corrected chi connectivity index (χ0v) is 18.7. The summed E-state index contributed by atoms with van der Waals surface area (Å²) in [6.45, 7) is 7.26. The van der Waals surface area contributed by atoms with Gasteiger partial charge in [-0.3, -0.25) is 4.79 Å². The van der Waals surface area contributed by atoms with E-state index in [0.29, 0.717) is 32.1 Å². The molecule has 1 atom stereocenters. The zero-order chi connectivity index (χ0) is 19.1. The summed E-state index contributed by atoms with van der Waals surface area (Å²) in [5.41, 5.74) is 0. The molecular formula is C19H31IN4O4. The average Bonchev–Trinajstić information content (AvgIpc) is 3.26. The molecule has 0 aliphatic carbocycles. The fourth-order valence-corrected chi connectivity index (χ4v) is 3.55. The van der Waals surface area contributed by atoms with Gasteiger partial charge in [-0.1, -0.05) is 0 Å². The number of halogens is 1. The molecule has 2 saturated heterocycles. The summed E-state index contributed by atoms with van der Waals surface area (Å²) >= 11 is 0. The number of guanidine groups is 1. The molecule has 0 aromatic carbocycles. The van der Waals surface area contributed by atoms with E-state index in [1.807, 2.05) is 11.8 Å². The molecule has 158 valence electrons. The second-order valence-electron chi connectivity index (χ2n) is 6.92. The van der Waals surface area contributed by atoms with Crippen LogP contribution in [0.5, 0.6) is 0 Å². The lowest BCUT2D eigenvalue weighted by molar-refractivity contribution is -0.140.